The molecule has 1 saturated carbocycles. The normalized spacial score (nSPS) is 33.6. The largest absolute Gasteiger partial charge is 0.497 e. The molecule has 1 aromatic carbocycles. The van der Waals surface area contributed by atoms with Gasteiger partial charge >= 0.3 is 0 Å². The van der Waals surface area contributed by atoms with E-state index in [1.54, 1.807) is 12.7 Å². The van der Waals surface area contributed by atoms with E-state index in [2.05, 4.69) is 44.1 Å². The Labute approximate surface area is 110 Å². The van der Waals surface area contributed by atoms with Gasteiger partial charge in [0, 0.05) is 11.5 Å². The van der Waals surface area contributed by atoms with Crippen molar-refractivity contribution in [2.24, 2.45) is 5.92 Å². The predicted molar refractivity (Wildman–Crippen MR) is 74.2 cm³/mol. The first kappa shape index (κ1) is 12.0. The maximum absolute atomic E-state index is 5.41. The van der Waals surface area contributed by atoms with Gasteiger partial charge in [0.2, 0.25) is 0 Å². The number of hydrogen-bond donors (Lipinski definition) is 0. The summed E-state index contributed by atoms with van der Waals surface area (Å²) in [6.45, 7) is 2.44. The average molecular weight is 245 g/mol. The van der Waals surface area contributed by atoms with Crippen molar-refractivity contribution in [3.05, 3.63) is 29.3 Å². The molecule has 1 aromatic rings. The number of likely N-dealkylation sites (N-methyl/N-ethyl adjacent to an activating group) is 1. The molecule has 3 rings (SSSR count). The molecule has 2 bridgehead atoms. The van der Waals surface area contributed by atoms with Crippen LogP contribution in [0, 0.1) is 5.92 Å². The van der Waals surface area contributed by atoms with Gasteiger partial charge in [-0.1, -0.05) is 13.0 Å². The molecule has 2 aliphatic carbocycles. The van der Waals surface area contributed by atoms with Crippen LogP contribution in [0.4, 0.5) is 0 Å². The summed E-state index contributed by atoms with van der Waals surface area (Å²) in [5.74, 6) is 1.82. The topological polar surface area (TPSA) is 12.5 Å². The third kappa shape index (κ3) is 1.51. The van der Waals surface area contributed by atoms with E-state index in [9.17, 15) is 0 Å². The van der Waals surface area contributed by atoms with Crippen molar-refractivity contribution < 1.29 is 4.74 Å². The fourth-order valence-corrected chi connectivity index (χ4v) is 4.49. The number of methoxy groups -OCH3 is 1. The number of ether oxygens (including phenoxy) is 1. The van der Waals surface area contributed by atoms with Crippen LogP contribution in [0.25, 0.3) is 0 Å². The van der Waals surface area contributed by atoms with Crippen molar-refractivity contribution in [2.75, 3.05) is 21.2 Å². The van der Waals surface area contributed by atoms with Crippen LogP contribution in [0.3, 0.4) is 0 Å². The SMILES string of the molecule is COc1ccc2c(c1)[C@@]1(C)CCC(C2)[C@@H]1N(C)C. The Bertz CT molecular complexity index is 468. The fraction of sp³-hybridized carbons (Fsp3) is 0.625. The van der Waals surface area contributed by atoms with Crippen LogP contribution < -0.4 is 4.74 Å². The van der Waals surface area contributed by atoms with E-state index in [1.807, 2.05) is 0 Å². The molecule has 0 spiro atoms. The van der Waals surface area contributed by atoms with Gasteiger partial charge in [0.1, 0.15) is 5.75 Å². The van der Waals surface area contributed by atoms with E-state index >= 15 is 0 Å². The Balaban J connectivity index is 2.12. The van der Waals surface area contributed by atoms with Gasteiger partial charge < -0.3 is 9.64 Å². The van der Waals surface area contributed by atoms with E-state index < -0.39 is 0 Å². The maximum Gasteiger partial charge on any atom is 0.119 e. The Morgan fingerprint density at radius 2 is 2.11 bits per heavy atom. The predicted octanol–water partition coefficient (Wildman–Crippen LogP) is 2.85. The van der Waals surface area contributed by atoms with E-state index in [0.29, 0.717) is 11.5 Å². The molecule has 2 aliphatic rings. The zero-order valence-corrected chi connectivity index (χ0v) is 11.9. The lowest BCUT2D eigenvalue weighted by Gasteiger charge is -2.44. The second-order valence-electron chi connectivity index (χ2n) is 6.35. The number of rotatable bonds is 2. The van der Waals surface area contributed by atoms with Crippen molar-refractivity contribution in [3.8, 4) is 5.75 Å². The molecular weight excluding hydrogens is 222 g/mol. The van der Waals surface area contributed by atoms with Crippen molar-refractivity contribution in [1.29, 1.82) is 0 Å². The molecule has 18 heavy (non-hydrogen) atoms. The molecular formula is C16H23NO. The van der Waals surface area contributed by atoms with Gasteiger partial charge in [-0.3, -0.25) is 0 Å². The summed E-state index contributed by atoms with van der Waals surface area (Å²) >= 11 is 0. The van der Waals surface area contributed by atoms with E-state index in [1.165, 1.54) is 24.8 Å². The Kier molecular flexibility index (Phi) is 2.67. The summed E-state index contributed by atoms with van der Waals surface area (Å²) in [5, 5.41) is 0. The van der Waals surface area contributed by atoms with Gasteiger partial charge in [-0.15, -0.1) is 0 Å². The maximum atomic E-state index is 5.41. The van der Waals surface area contributed by atoms with Crippen LogP contribution in [0.5, 0.6) is 5.75 Å². The van der Waals surface area contributed by atoms with Gasteiger partial charge in [0.15, 0.2) is 0 Å². The number of nitrogens with zero attached hydrogens (tertiary/aromatic N) is 1. The minimum Gasteiger partial charge on any atom is -0.497 e. The second-order valence-corrected chi connectivity index (χ2v) is 6.35. The molecule has 1 fully saturated rings. The monoisotopic (exact) mass is 245 g/mol. The Morgan fingerprint density at radius 3 is 2.78 bits per heavy atom. The fourth-order valence-electron chi connectivity index (χ4n) is 4.49. The third-order valence-electron chi connectivity index (χ3n) is 5.10. The number of benzene rings is 1. The lowest BCUT2D eigenvalue weighted by atomic mass is 9.68. The van der Waals surface area contributed by atoms with Crippen molar-refractivity contribution in [1.82, 2.24) is 4.90 Å². The van der Waals surface area contributed by atoms with Gasteiger partial charge in [0.25, 0.3) is 0 Å². The standard InChI is InChI=1S/C16H23NO/c1-16-8-7-12(15(16)17(2)3)9-11-5-6-13(18-4)10-14(11)16/h5-6,10,12,15H,7-9H2,1-4H3/t12?,15-,16+/m0/s1. The quantitative estimate of drug-likeness (QED) is 0.794. The highest BCUT2D eigenvalue weighted by atomic mass is 16.5. The lowest BCUT2D eigenvalue weighted by Crippen LogP contribution is -2.48. The summed E-state index contributed by atoms with van der Waals surface area (Å²) in [7, 11) is 6.21. The van der Waals surface area contributed by atoms with Gasteiger partial charge in [-0.05, 0) is 62.5 Å². The van der Waals surface area contributed by atoms with E-state index in [4.69, 9.17) is 4.74 Å². The van der Waals surface area contributed by atoms with Crippen molar-refractivity contribution >= 4 is 0 Å². The first-order valence-electron chi connectivity index (χ1n) is 6.90. The first-order valence-corrected chi connectivity index (χ1v) is 6.90. The van der Waals surface area contributed by atoms with E-state index in [-0.39, 0.29) is 0 Å². The molecule has 0 amide bonds. The Hall–Kier alpha value is -1.02. The lowest BCUT2D eigenvalue weighted by molar-refractivity contribution is 0.160. The Morgan fingerprint density at radius 1 is 1.33 bits per heavy atom. The highest BCUT2D eigenvalue weighted by molar-refractivity contribution is 5.45. The zero-order valence-electron chi connectivity index (χ0n) is 11.9. The molecule has 1 unspecified atom stereocenters. The van der Waals surface area contributed by atoms with Gasteiger partial charge in [0.05, 0.1) is 7.11 Å². The second kappa shape index (κ2) is 3.99. The van der Waals surface area contributed by atoms with Gasteiger partial charge in [-0.25, -0.2) is 0 Å². The first-order chi connectivity index (χ1) is 8.56. The number of hydrogen-bond acceptors (Lipinski definition) is 2. The summed E-state index contributed by atoms with van der Waals surface area (Å²) in [6.07, 6.45) is 3.90. The minimum atomic E-state index is 0.302. The minimum absolute atomic E-state index is 0.302. The molecule has 0 aromatic heterocycles. The molecule has 0 N–H and O–H groups in total. The molecule has 0 aliphatic heterocycles. The molecule has 2 nitrogen and oxygen atoms in total. The summed E-state index contributed by atoms with van der Waals surface area (Å²) < 4.78 is 5.41. The third-order valence-corrected chi connectivity index (χ3v) is 5.10. The van der Waals surface area contributed by atoms with Crippen LogP contribution in [0.2, 0.25) is 0 Å². The summed E-state index contributed by atoms with van der Waals surface area (Å²) in [4.78, 5) is 2.43. The molecule has 0 saturated heterocycles. The highest BCUT2D eigenvalue weighted by Gasteiger charge is 2.51. The number of fused-ring (bicyclic) bond motifs is 4. The van der Waals surface area contributed by atoms with Crippen LogP contribution in [-0.4, -0.2) is 32.1 Å². The van der Waals surface area contributed by atoms with Crippen molar-refractivity contribution in [2.45, 2.75) is 37.6 Å². The van der Waals surface area contributed by atoms with Crippen LogP contribution in [0.15, 0.2) is 18.2 Å². The smallest absolute Gasteiger partial charge is 0.119 e. The van der Waals surface area contributed by atoms with Gasteiger partial charge in [-0.2, -0.15) is 0 Å². The highest BCUT2D eigenvalue weighted by Crippen LogP contribution is 2.52. The molecule has 0 radical (unpaired) electrons. The molecule has 0 heterocycles. The summed E-state index contributed by atoms with van der Waals surface area (Å²) in [5.41, 5.74) is 3.37. The van der Waals surface area contributed by atoms with Crippen LogP contribution >= 0.6 is 0 Å². The molecule has 2 heteroatoms. The molecule has 98 valence electrons. The molecule has 3 atom stereocenters. The summed E-state index contributed by atoms with van der Waals surface area (Å²) in [6, 6.07) is 7.33. The van der Waals surface area contributed by atoms with Crippen LogP contribution in [0.1, 0.15) is 30.9 Å². The average Bonchev–Trinajstić information content (AvgIpc) is 2.61. The van der Waals surface area contributed by atoms with Crippen LogP contribution in [-0.2, 0) is 11.8 Å². The van der Waals surface area contributed by atoms with E-state index in [0.717, 1.165) is 11.7 Å². The van der Waals surface area contributed by atoms with Crippen molar-refractivity contribution in [3.63, 3.8) is 0 Å². The zero-order chi connectivity index (χ0) is 12.9.